The first kappa shape index (κ1) is 22.1. The number of ketones is 1. The first-order valence-corrected chi connectivity index (χ1v) is 11.9. The Morgan fingerprint density at radius 2 is 1.68 bits per heavy atom. The van der Waals surface area contributed by atoms with Crippen LogP contribution in [0.5, 0.6) is 11.5 Å². The Hall–Kier alpha value is -3.73. The lowest BCUT2D eigenvalue weighted by molar-refractivity contribution is -0.122. The second-order valence-corrected chi connectivity index (χ2v) is 8.84. The number of hydrogen-bond acceptors (Lipinski definition) is 5. The molecule has 0 unspecified atom stereocenters. The summed E-state index contributed by atoms with van der Waals surface area (Å²) in [6.45, 7) is 2.70. The van der Waals surface area contributed by atoms with Gasteiger partial charge in [-0.05, 0) is 41.8 Å². The van der Waals surface area contributed by atoms with Crippen LogP contribution < -0.4 is 20.1 Å². The van der Waals surface area contributed by atoms with Gasteiger partial charge in [-0.2, -0.15) is 0 Å². The molecule has 0 fully saturated rings. The predicted octanol–water partition coefficient (Wildman–Crippen LogP) is 6.32. The third-order valence-corrected chi connectivity index (χ3v) is 6.57. The minimum Gasteiger partial charge on any atom is -0.493 e. The monoisotopic (exact) mass is 454 g/mol. The van der Waals surface area contributed by atoms with Crippen molar-refractivity contribution in [2.45, 2.75) is 31.7 Å². The van der Waals surface area contributed by atoms with Crippen LogP contribution in [0, 0.1) is 5.92 Å². The summed E-state index contributed by atoms with van der Waals surface area (Å²) in [4.78, 5) is 13.7. The van der Waals surface area contributed by atoms with Crippen LogP contribution in [-0.4, -0.2) is 19.5 Å². The maximum atomic E-state index is 13.7. The lowest BCUT2D eigenvalue weighted by Gasteiger charge is -2.32. The molecule has 1 aliphatic heterocycles. The van der Waals surface area contributed by atoms with E-state index in [9.17, 15) is 4.79 Å². The minimum absolute atomic E-state index is 0.0534. The number of methoxy groups -OCH3 is 1. The van der Waals surface area contributed by atoms with Crippen molar-refractivity contribution < 1.29 is 14.3 Å². The summed E-state index contributed by atoms with van der Waals surface area (Å²) >= 11 is 0. The molecule has 0 amide bonds. The zero-order valence-electron chi connectivity index (χ0n) is 19.6. The van der Waals surface area contributed by atoms with E-state index in [0.717, 1.165) is 40.4 Å². The Morgan fingerprint density at radius 1 is 0.912 bits per heavy atom. The Balaban J connectivity index is 1.58. The molecule has 5 rings (SSSR count). The molecule has 5 nitrogen and oxygen atoms in total. The fraction of sp³-hybridized carbons (Fsp3) is 0.276. The molecule has 0 saturated heterocycles. The molecular weight excluding hydrogens is 424 g/mol. The lowest BCUT2D eigenvalue weighted by atomic mass is 9.76. The fourth-order valence-corrected chi connectivity index (χ4v) is 4.90. The summed E-state index contributed by atoms with van der Waals surface area (Å²) in [6, 6.07) is 24.1. The molecule has 3 aromatic carbocycles. The van der Waals surface area contributed by atoms with Crippen molar-refractivity contribution in [3.8, 4) is 11.5 Å². The molecule has 3 atom stereocenters. The molecule has 1 aliphatic carbocycles. The van der Waals surface area contributed by atoms with E-state index >= 15 is 0 Å². The fourth-order valence-electron chi connectivity index (χ4n) is 4.90. The van der Waals surface area contributed by atoms with Crippen molar-refractivity contribution in [3.63, 3.8) is 0 Å². The molecular formula is C29H30N2O3. The van der Waals surface area contributed by atoms with Gasteiger partial charge in [0.25, 0.3) is 0 Å². The van der Waals surface area contributed by atoms with Gasteiger partial charge in [-0.1, -0.05) is 61.5 Å². The van der Waals surface area contributed by atoms with Crippen molar-refractivity contribution in [2.75, 3.05) is 24.4 Å². The van der Waals surface area contributed by atoms with Crippen LogP contribution in [0.3, 0.4) is 0 Å². The van der Waals surface area contributed by atoms with Gasteiger partial charge in [0.15, 0.2) is 11.5 Å². The van der Waals surface area contributed by atoms with Gasteiger partial charge in [-0.3, -0.25) is 4.79 Å². The highest BCUT2D eigenvalue weighted by atomic mass is 16.5. The van der Waals surface area contributed by atoms with E-state index in [1.165, 1.54) is 0 Å². The first-order valence-electron chi connectivity index (χ1n) is 11.9. The van der Waals surface area contributed by atoms with E-state index in [-0.39, 0.29) is 23.7 Å². The number of carbonyl (C=O) groups is 1. The maximum absolute atomic E-state index is 13.7. The summed E-state index contributed by atoms with van der Waals surface area (Å²) in [5.41, 5.74) is 5.03. The van der Waals surface area contributed by atoms with Crippen molar-refractivity contribution in [1.82, 2.24) is 0 Å². The van der Waals surface area contributed by atoms with E-state index in [0.29, 0.717) is 18.8 Å². The largest absolute Gasteiger partial charge is 0.493 e. The van der Waals surface area contributed by atoms with E-state index in [1.54, 1.807) is 7.11 Å². The Labute approximate surface area is 200 Å². The van der Waals surface area contributed by atoms with Crippen LogP contribution in [0.4, 0.5) is 11.4 Å². The summed E-state index contributed by atoms with van der Waals surface area (Å²) in [5, 5.41) is 7.23. The number of fused-ring (bicyclic) bond motifs is 2. The molecule has 1 heterocycles. The Kier molecular flexibility index (Phi) is 6.26. The normalized spacial score (nSPS) is 21.2. The molecule has 5 heteroatoms. The van der Waals surface area contributed by atoms with Gasteiger partial charge in [-0.25, -0.2) is 0 Å². The zero-order valence-corrected chi connectivity index (χ0v) is 19.6. The van der Waals surface area contributed by atoms with Gasteiger partial charge in [0.1, 0.15) is 5.78 Å². The molecule has 174 valence electrons. The summed E-state index contributed by atoms with van der Waals surface area (Å²) in [6.07, 6.45) is 3.63. The van der Waals surface area contributed by atoms with E-state index in [4.69, 9.17) is 9.47 Å². The zero-order chi connectivity index (χ0) is 23.5. The van der Waals surface area contributed by atoms with Crippen molar-refractivity contribution in [1.29, 1.82) is 0 Å². The minimum atomic E-state index is -0.334. The number of para-hydroxylation sites is 2. The average molecular weight is 455 g/mol. The number of benzene rings is 3. The molecule has 2 aliphatic rings. The van der Waals surface area contributed by atoms with Crippen molar-refractivity contribution in [3.05, 3.63) is 95.7 Å². The SMILES string of the molecule is CCCOc1ccc([C@@H]2Nc3ccccc3NC3=C[C@H](c4ccccc4)CC(=O)[C@H]32)cc1OC. The van der Waals surface area contributed by atoms with Crippen molar-refractivity contribution >= 4 is 17.2 Å². The predicted molar refractivity (Wildman–Crippen MR) is 136 cm³/mol. The van der Waals surface area contributed by atoms with Gasteiger partial charge in [0.2, 0.25) is 0 Å². The topological polar surface area (TPSA) is 59.6 Å². The Morgan fingerprint density at radius 3 is 2.44 bits per heavy atom. The van der Waals surface area contributed by atoms with Gasteiger partial charge >= 0.3 is 0 Å². The summed E-state index contributed by atoms with van der Waals surface area (Å²) in [5.74, 6) is 1.33. The number of ether oxygens (including phenoxy) is 2. The number of allylic oxidation sites excluding steroid dienone is 1. The van der Waals surface area contributed by atoms with Gasteiger partial charge < -0.3 is 20.1 Å². The van der Waals surface area contributed by atoms with E-state index in [2.05, 4.69) is 35.8 Å². The third kappa shape index (κ3) is 4.26. The molecule has 0 radical (unpaired) electrons. The molecule has 0 bridgehead atoms. The highest BCUT2D eigenvalue weighted by Crippen LogP contribution is 2.45. The summed E-state index contributed by atoms with van der Waals surface area (Å²) < 4.78 is 11.5. The molecule has 2 N–H and O–H groups in total. The third-order valence-electron chi connectivity index (χ3n) is 6.57. The molecule has 0 aromatic heterocycles. The number of carbonyl (C=O) groups excluding carboxylic acids is 1. The van der Waals surface area contributed by atoms with E-state index < -0.39 is 0 Å². The number of anilines is 2. The molecule has 0 saturated carbocycles. The summed E-state index contributed by atoms with van der Waals surface area (Å²) in [7, 11) is 1.65. The van der Waals surface area contributed by atoms with Crippen LogP contribution >= 0.6 is 0 Å². The average Bonchev–Trinajstić information content (AvgIpc) is 3.05. The van der Waals surface area contributed by atoms with Crippen molar-refractivity contribution in [2.24, 2.45) is 5.92 Å². The van der Waals surface area contributed by atoms with Gasteiger partial charge in [-0.15, -0.1) is 0 Å². The number of Topliss-reactive ketones (excluding diaryl/α,β-unsaturated/α-hetero) is 1. The van der Waals surface area contributed by atoms with Crippen LogP contribution in [-0.2, 0) is 4.79 Å². The second-order valence-electron chi connectivity index (χ2n) is 8.84. The van der Waals surface area contributed by atoms with Crippen LogP contribution in [0.15, 0.2) is 84.6 Å². The second kappa shape index (κ2) is 9.64. The van der Waals surface area contributed by atoms with E-state index in [1.807, 2.05) is 60.7 Å². The maximum Gasteiger partial charge on any atom is 0.161 e. The van der Waals surface area contributed by atoms with Crippen LogP contribution in [0.2, 0.25) is 0 Å². The van der Waals surface area contributed by atoms with Crippen LogP contribution in [0.25, 0.3) is 0 Å². The molecule has 34 heavy (non-hydrogen) atoms. The number of rotatable bonds is 6. The standard InChI is InChI=1S/C29H30N2O3/c1-3-15-34-26-14-13-20(18-27(26)33-2)29-28-24(30-22-11-7-8-12-23(22)31-29)16-21(17-25(28)32)19-9-5-4-6-10-19/h4-14,16,18,21,28-31H,3,15,17H2,1-2H3/t21-,28-,29-/m0/s1. The van der Waals surface area contributed by atoms with Crippen LogP contribution in [0.1, 0.15) is 42.9 Å². The highest BCUT2D eigenvalue weighted by molar-refractivity contribution is 5.90. The lowest BCUT2D eigenvalue weighted by Crippen LogP contribution is -2.33. The quantitative estimate of drug-likeness (QED) is 0.456. The first-order chi connectivity index (χ1) is 16.7. The Bertz CT molecular complexity index is 1210. The smallest absolute Gasteiger partial charge is 0.161 e. The molecule has 0 spiro atoms. The van der Waals surface area contributed by atoms with Gasteiger partial charge in [0.05, 0.1) is 37.1 Å². The van der Waals surface area contributed by atoms with Gasteiger partial charge in [0, 0.05) is 18.0 Å². The highest BCUT2D eigenvalue weighted by Gasteiger charge is 2.40. The number of hydrogen-bond donors (Lipinski definition) is 2. The number of nitrogens with one attached hydrogen (secondary N) is 2. The molecule has 3 aromatic rings.